The van der Waals surface area contributed by atoms with E-state index in [4.69, 9.17) is 23.7 Å². The smallest absolute Gasteiger partial charge is 0.302 e. The number of aliphatic hydroxyl groups is 5. The lowest BCUT2D eigenvalue weighted by Gasteiger charge is -2.65. The van der Waals surface area contributed by atoms with E-state index in [1.54, 1.807) is 13.8 Å². The van der Waals surface area contributed by atoms with Gasteiger partial charge in [-0.05, 0) is 92.8 Å². The molecule has 0 amide bonds. The van der Waals surface area contributed by atoms with Crippen molar-refractivity contribution in [2.75, 3.05) is 6.61 Å². The van der Waals surface area contributed by atoms with Gasteiger partial charge in [0.25, 0.3) is 0 Å². The first-order chi connectivity index (χ1) is 22.2. The highest BCUT2D eigenvalue weighted by Crippen LogP contribution is 2.90. The molecular weight excluding hydrogens is 620 g/mol. The fourth-order valence-electron chi connectivity index (χ4n) is 14.3. The summed E-state index contributed by atoms with van der Waals surface area (Å²) < 4.78 is 32.2. The number of ether oxygens (including phenoxy) is 5. The van der Waals surface area contributed by atoms with Crippen molar-refractivity contribution in [2.45, 2.75) is 167 Å². The number of aliphatic hydroxyl groups excluding tert-OH is 4. The Bertz CT molecular complexity index is 1350. The first-order valence-electron chi connectivity index (χ1n) is 18.5. The first kappa shape index (κ1) is 34.2. The molecule has 0 radical (unpaired) electrons. The van der Waals surface area contributed by atoms with E-state index in [1.807, 2.05) is 0 Å². The fraction of sp³-hybridized carbons (Fsp3) is 0.973. The van der Waals surface area contributed by atoms with Crippen LogP contribution in [0.25, 0.3) is 0 Å². The molecule has 8 fully saturated rings. The van der Waals surface area contributed by atoms with Crippen molar-refractivity contribution in [3.8, 4) is 0 Å². The molecule has 272 valence electrons. The number of carbonyl (C=O) groups is 1. The molecular formula is C37H58O11. The lowest BCUT2D eigenvalue weighted by molar-refractivity contribution is -0.304. The highest BCUT2D eigenvalue weighted by Gasteiger charge is 2.90. The Kier molecular flexibility index (Phi) is 7.24. The van der Waals surface area contributed by atoms with Crippen LogP contribution in [0.1, 0.15) is 100 Å². The van der Waals surface area contributed by atoms with Crippen molar-refractivity contribution in [3.63, 3.8) is 0 Å². The average molecular weight is 679 g/mol. The zero-order chi connectivity index (χ0) is 34.8. The summed E-state index contributed by atoms with van der Waals surface area (Å²) in [6.07, 6.45) is -1.55. The third-order valence-corrected chi connectivity index (χ3v) is 16.2. The summed E-state index contributed by atoms with van der Waals surface area (Å²) in [7, 11) is 0. The van der Waals surface area contributed by atoms with Crippen molar-refractivity contribution in [2.24, 2.45) is 50.7 Å². The van der Waals surface area contributed by atoms with Crippen LogP contribution in [0.3, 0.4) is 0 Å². The number of hydrogen-bond donors (Lipinski definition) is 5. The number of fused-ring (bicyclic) bond motifs is 4. The second-order valence-electron chi connectivity index (χ2n) is 18.9. The van der Waals surface area contributed by atoms with Gasteiger partial charge in [0, 0.05) is 23.7 Å². The molecule has 5 N–H and O–H groups in total. The van der Waals surface area contributed by atoms with Crippen molar-refractivity contribution in [1.29, 1.82) is 0 Å². The van der Waals surface area contributed by atoms with Gasteiger partial charge in [-0.3, -0.25) is 4.79 Å². The molecule has 0 aromatic rings. The second kappa shape index (κ2) is 10.2. The quantitative estimate of drug-likeness (QED) is 0.219. The monoisotopic (exact) mass is 678 g/mol. The number of esters is 1. The molecule has 2 bridgehead atoms. The lowest BCUT2D eigenvalue weighted by Crippen LogP contribution is -2.65. The van der Waals surface area contributed by atoms with Crippen LogP contribution in [0, 0.1) is 50.7 Å². The van der Waals surface area contributed by atoms with Crippen molar-refractivity contribution >= 4 is 5.97 Å². The van der Waals surface area contributed by atoms with E-state index >= 15 is 0 Å². The molecule has 18 atom stereocenters. The lowest BCUT2D eigenvalue weighted by atomic mass is 9.40. The van der Waals surface area contributed by atoms with Crippen molar-refractivity contribution < 1.29 is 54.0 Å². The van der Waals surface area contributed by atoms with Crippen LogP contribution < -0.4 is 0 Å². The Morgan fingerprint density at radius 2 is 1.58 bits per heavy atom. The minimum absolute atomic E-state index is 0.0317. The zero-order valence-corrected chi connectivity index (χ0v) is 29.8. The van der Waals surface area contributed by atoms with Gasteiger partial charge in [0.1, 0.15) is 36.6 Å². The Labute approximate surface area is 284 Å². The Morgan fingerprint density at radius 3 is 2.25 bits per heavy atom. The number of hydrogen-bond acceptors (Lipinski definition) is 11. The molecule has 0 aromatic carbocycles. The van der Waals surface area contributed by atoms with E-state index in [1.165, 1.54) is 6.92 Å². The van der Waals surface area contributed by atoms with Gasteiger partial charge in [0.15, 0.2) is 12.1 Å². The summed E-state index contributed by atoms with van der Waals surface area (Å²) >= 11 is 0. The highest BCUT2D eigenvalue weighted by molar-refractivity contribution is 5.66. The molecule has 48 heavy (non-hydrogen) atoms. The summed E-state index contributed by atoms with van der Waals surface area (Å²) in [6.45, 7) is 16.0. The summed E-state index contributed by atoms with van der Waals surface area (Å²) in [4.78, 5) is 12.9. The van der Waals surface area contributed by atoms with E-state index in [0.717, 1.165) is 38.5 Å². The van der Waals surface area contributed by atoms with Crippen molar-refractivity contribution in [3.05, 3.63) is 0 Å². The van der Waals surface area contributed by atoms with Crippen LogP contribution in [-0.4, -0.2) is 105 Å². The average Bonchev–Trinajstić information content (AvgIpc) is 3.48. The molecule has 8 aliphatic rings. The topological polar surface area (TPSA) is 164 Å². The summed E-state index contributed by atoms with van der Waals surface area (Å²) in [5.41, 5.74) is -2.98. The third kappa shape index (κ3) is 3.90. The maximum absolute atomic E-state index is 12.9. The Balaban J connectivity index is 1.16. The van der Waals surface area contributed by atoms with Crippen LogP contribution in [0.5, 0.6) is 0 Å². The van der Waals surface area contributed by atoms with E-state index in [2.05, 4.69) is 34.6 Å². The summed E-state index contributed by atoms with van der Waals surface area (Å²) in [5.74, 6) is -1.33. The zero-order valence-electron chi connectivity index (χ0n) is 29.8. The van der Waals surface area contributed by atoms with E-state index in [0.29, 0.717) is 6.42 Å². The predicted octanol–water partition coefficient (Wildman–Crippen LogP) is 2.66. The van der Waals surface area contributed by atoms with Gasteiger partial charge >= 0.3 is 5.97 Å². The Hall–Kier alpha value is -0.890. The highest BCUT2D eigenvalue weighted by atomic mass is 16.8. The van der Waals surface area contributed by atoms with Gasteiger partial charge in [-0.15, -0.1) is 0 Å². The van der Waals surface area contributed by atoms with E-state index < -0.39 is 65.1 Å². The normalized spacial score (nSPS) is 59.4. The predicted molar refractivity (Wildman–Crippen MR) is 170 cm³/mol. The molecule has 3 aliphatic heterocycles. The van der Waals surface area contributed by atoms with Gasteiger partial charge in [-0.25, -0.2) is 0 Å². The molecule has 5 aliphatic carbocycles. The van der Waals surface area contributed by atoms with Gasteiger partial charge in [-0.1, -0.05) is 34.6 Å². The van der Waals surface area contributed by atoms with Gasteiger partial charge < -0.3 is 49.2 Å². The standard InChI is InChI=1S/C37H58O11/c1-17-13-20-28(32(5,6)43)48-37(47-20)27(17)34(8)24(45-18(2)38)14-36-16-35(36)12-11-23(46-29-26(41)25(40)19(39)15-44-29)31(3,4)21(35)9-10-22(36)33(34,7)30(37)42/h17,19-30,39-43H,9-16H2,1-8H3/t17-,19+,20-,21+,22+,23+,24-,25+,26-,27-,28+,29+,30-,33-,34-,35-,36+,37+/m1/s1. The van der Waals surface area contributed by atoms with Crippen LogP contribution in [0.2, 0.25) is 0 Å². The van der Waals surface area contributed by atoms with Gasteiger partial charge in [0.05, 0.1) is 24.4 Å². The largest absolute Gasteiger partial charge is 0.462 e. The molecule has 3 heterocycles. The van der Waals surface area contributed by atoms with Crippen LogP contribution in [0.15, 0.2) is 0 Å². The van der Waals surface area contributed by atoms with Crippen LogP contribution >= 0.6 is 0 Å². The third-order valence-electron chi connectivity index (χ3n) is 16.2. The summed E-state index contributed by atoms with van der Waals surface area (Å²) in [6, 6.07) is 0. The SMILES string of the molecule is CC(=O)O[C@@H]1C[C@@]23C[C@@]24CC[C@H](O[C@@H]2OC[C@H](O)[C@H](O)[C@H]2O)C(C)(C)[C@@H]4CC[C@H]3[C@]2(C)[C@@H](O)[C@]34O[C@H](C[C@@H](C)[C@@H]3[C@@]12C)[C@@H](C(C)(C)O)O4. The minimum Gasteiger partial charge on any atom is -0.462 e. The molecule has 5 saturated carbocycles. The molecule has 3 spiro atoms. The van der Waals surface area contributed by atoms with Crippen molar-refractivity contribution in [1.82, 2.24) is 0 Å². The van der Waals surface area contributed by atoms with E-state index in [-0.39, 0.29) is 64.7 Å². The summed E-state index contributed by atoms with van der Waals surface area (Å²) in [5, 5.41) is 55.0. The second-order valence-corrected chi connectivity index (χ2v) is 18.9. The molecule has 0 aromatic heterocycles. The Morgan fingerprint density at radius 1 is 0.896 bits per heavy atom. The molecule has 8 rings (SSSR count). The van der Waals surface area contributed by atoms with Crippen LogP contribution in [-0.2, 0) is 28.5 Å². The fourth-order valence-corrected chi connectivity index (χ4v) is 14.3. The van der Waals surface area contributed by atoms with E-state index in [9.17, 15) is 30.3 Å². The molecule has 11 heteroatoms. The van der Waals surface area contributed by atoms with Gasteiger partial charge in [0.2, 0.25) is 0 Å². The number of rotatable bonds is 4. The maximum Gasteiger partial charge on any atom is 0.302 e. The molecule has 0 unspecified atom stereocenters. The minimum atomic E-state index is -1.34. The van der Waals surface area contributed by atoms with Gasteiger partial charge in [-0.2, -0.15) is 0 Å². The van der Waals surface area contributed by atoms with Crippen LogP contribution in [0.4, 0.5) is 0 Å². The first-order valence-corrected chi connectivity index (χ1v) is 18.5. The molecule has 11 nitrogen and oxygen atoms in total. The number of carbonyl (C=O) groups excluding carboxylic acids is 1. The maximum atomic E-state index is 12.9. The molecule has 3 saturated heterocycles.